The van der Waals surface area contributed by atoms with E-state index in [2.05, 4.69) is 22.9 Å². The molecule has 0 aromatic heterocycles. The molecule has 3 amide bonds. The van der Waals surface area contributed by atoms with Crippen LogP contribution in [-0.4, -0.2) is 47.9 Å². The Labute approximate surface area is 224 Å². The minimum absolute atomic E-state index is 0.000340. The first-order chi connectivity index (χ1) is 17.4. The number of hydrogen-bond acceptors (Lipinski definition) is 5. The summed E-state index contributed by atoms with van der Waals surface area (Å²) in [5.74, 6) is -1.16. The van der Waals surface area contributed by atoms with Crippen LogP contribution in [0.25, 0.3) is 0 Å². The topological polar surface area (TPSA) is 114 Å². The van der Waals surface area contributed by atoms with Crippen LogP contribution in [0.5, 0.6) is 0 Å². The maximum atomic E-state index is 13.3. The quantitative estimate of drug-likeness (QED) is 0.240. The van der Waals surface area contributed by atoms with Crippen LogP contribution in [0.15, 0.2) is 0 Å². The molecule has 0 radical (unpaired) electrons. The molecule has 8 nitrogen and oxygen atoms in total. The average Bonchev–Trinajstić information content (AvgIpc) is 2.78. The van der Waals surface area contributed by atoms with Crippen LogP contribution >= 0.6 is 0 Å². The standard InChI is InChI=1S/C29H53N3O5/c1-8-9-10-11-12-13-14-22-18-26(33)30-23(15-19(2)3)27(34)31-24(16-20(4)5)28(35)32-25(17-21(6)7)29(36)37-22/h19-25H,8-18H2,1-7H3,(H,30,33)(H,31,34)(H,32,35). The SMILES string of the molecule is CCCCCCCCC1CC(=O)NC(CC(C)C)C(=O)NC(CC(C)C)C(=O)NC(CC(C)C)C(=O)O1. The summed E-state index contributed by atoms with van der Waals surface area (Å²) in [7, 11) is 0. The molecule has 0 saturated carbocycles. The highest BCUT2D eigenvalue weighted by molar-refractivity contribution is 5.94. The van der Waals surface area contributed by atoms with Gasteiger partial charge >= 0.3 is 5.97 Å². The minimum Gasteiger partial charge on any atom is -0.460 e. The van der Waals surface area contributed by atoms with Crippen LogP contribution in [0, 0.1) is 17.8 Å². The van der Waals surface area contributed by atoms with Crippen molar-refractivity contribution in [2.24, 2.45) is 17.8 Å². The molecule has 3 N–H and O–H groups in total. The van der Waals surface area contributed by atoms with Gasteiger partial charge in [-0.05, 0) is 49.9 Å². The number of esters is 1. The van der Waals surface area contributed by atoms with E-state index in [0.717, 1.165) is 19.3 Å². The third-order valence-electron chi connectivity index (χ3n) is 6.58. The molecular formula is C29H53N3O5. The Morgan fingerprint density at radius 1 is 0.676 bits per heavy atom. The predicted octanol–water partition coefficient (Wildman–Crippen LogP) is 4.65. The molecule has 1 fully saturated rings. The molecule has 0 spiro atoms. The zero-order chi connectivity index (χ0) is 28.0. The first-order valence-electron chi connectivity index (χ1n) is 14.5. The van der Waals surface area contributed by atoms with Gasteiger partial charge in [-0.25, -0.2) is 4.79 Å². The van der Waals surface area contributed by atoms with Crippen molar-refractivity contribution in [3.05, 3.63) is 0 Å². The highest BCUT2D eigenvalue weighted by Crippen LogP contribution is 2.17. The number of hydrogen-bond donors (Lipinski definition) is 3. The Morgan fingerprint density at radius 3 is 1.68 bits per heavy atom. The molecule has 4 atom stereocenters. The summed E-state index contributed by atoms with van der Waals surface area (Å²) < 4.78 is 5.86. The van der Waals surface area contributed by atoms with Gasteiger partial charge in [0.05, 0.1) is 6.42 Å². The number of unbranched alkanes of at least 4 members (excludes halogenated alkanes) is 5. The van der Waals surface area contributed by atoms with Gasteiger partial charge in [0.25, 0.3) is 0 Å². The summed E-state index contributed by atoms with van der Waals surface area (Å²) in [6, 6.07) is -2.39. The van der Waals surface area contributed by atoms with Gasteiger partial charge in [-0.1, -0.05) is 80.6 Å². The number of carbonyl (C=O) groups excluding carboxylic acids is 4. The number of nitrogens with one attached hydrogen (secondary N) is 3. The fourth-order valence-corrected chi connectivity index (χ4v) is 4.70. The van der Waals surface area contributed by atoms with Gasteiger partial charge in [0.2, 0.25) is 17.7 Å². The first kappa shape index (κ1) is 32.9. The second-order valence-electron chi connectivity index (χ2n) is 12.0. The zero-order valence-electron chi connectivity index (χ0n) is 24.4. The second-order valence-corrected chi connectivity index (χ2v) is 12.0. The summed E-state index contributed by atoms with van der Waals surface area (Å²) >= 11 is 0. The van der Waals surface area contributed by atoms with Crippen LogP contribution in [-0.2, 0) is 23.9 Å². The lowest BCUT2D eigenvalue weighted by atomic mass is 9.99. The summed E-state index contributed by atoms with van der Waals surface area (Å²) in [6.07, 6.45) is 7.79. The lowest BCUT2D eigenvalue weighted by Crippen LogP contribution is -2.56. The van der Waals surface area contributed by atoms with Gasteiger partial charge in [0.15, 0.2) is 0 Å². The normalized spacial score (nSPS) is 24.2. The van der Waals surface area contributed by atoms with Gasteiger partial charge in [0.1, 0.15) is 24.2 Å². The Kier molecular flexibility index (Phi) is 15.5. The molecule has 1 aliphatic rings. The Hall–Kier alpha value is -2.12. The van der Waals surface area contributed by atoms with Crippen molar-refractivity contribution in [2.45, 2.75) is 143 Å². The monoisotopic (exact) mass is 523 g/mol. The molecular weight excluding hydrogens is 470 g/mol. The fourth-order valence-electron chi connectivity index (χ4n) is 4.70. The Bertz CT molecular complexity index is 722. The van der Waals surface area contributed by atoms with E-state index in [1.165, 1.54) is 19.3 Å². The summed E-state index contributed by atoms with van der Waals surface area (Å²) in [4.78, 5) is 52.8. The summed E-state index contributed by atoms with van der Waals surface area (Å²) in [6.45, 7) is 14.0. The number of ether oxygens (including phenoxy) is 1. The largest absolute Gasteiger partial charge is 0.460 e. The molecule has 214 valence electrons. The second kappa shape index (κ2) is 17.4. The lowest BCUT2D eigenvalue weighted by molar-refractivity contribution is -0.155. The van der Waals surface area contributed by atoms with Crippen molar-refractivity contribution in [3.63, 3.8) is 0 Å². The maximum Gasteiger partial charge on any atom is 0.328 e. The van der Waals surface area contributed by atoms with Crippen LogP contribution in [0.2, 0.25) is 0 Å². The van der Waals surface area contributed by atoms with Gasteiger partial charge in [-0.3, -0.25) is 14.4 Å². The molecule has 1 aliphatic heterocycles. The first-order valence-corrected chi connectivity index (χ1v) is 14.5. The van der Waals surface area contributed by atoms with Gasteiger partial charge in [0, 0.05) is 0 Å². The van der Waals surface area contributed by atoms with Crippen molar-refractivity contribution >= 4 is 23.7 Å². The van der Waals surface area contributed by atoms with E-state index < -0.39 is 36.1 Å². The van der Waals surface area contributed by atoms with Crippen LogP contribution < -0.4 is 16.0 Å². The highest BCUT2D eigenvalue weighted by Gasteiger charge is 2.33. The number of rotatable bonds is 13. The van der Waals surface area contributed by atoms with E-state index in [4.69, 9.17) is 4.74 Å². The van der Waals surface area contributed by atoms with E-state index in [0.29, 0.717) is 25.7 Å². The smallest absolute Gasteiger partial charge is 0.328 e. The third kappa shape index (κ3) is 13.8. The molecule has 0 aromatic carbocycles. The van der Waals surface area contributed by atoms with Crippen LogP contribution in [0.1, 0.15) is 119 Å². The molecule has 37 heavy (non-hydrogen) atoms. The van der Waals surface area contributed by atoms with Crippen molar-refractivity contribution in [3.8, 4) is 0 Å². The van der Waals surface area contributed by atoms with Crippen LogP contribution in [0.3, 0.4) is 0 Å². The zero-order valence-corrected chi connectivity index (χ0v) is 24.4. The third-order valence-corrected chi connectivity index (χ3v) is 6.58. The molecule has 0 aromatic rings. The Balaban J connectivity index is 3.20. The van der Waals surface area contributed by atoms with Gasteiger partial charge < -0.3 is 20.7 Å². The van der Waals surface area contributed by atoms with Gasteiger partial charge in [-0.15, -0.1) is 0 Å². The van der Waals surface area contributed by atoms with E-state index in [1.54, 1.807) is 0 Å². The molecule has 4 unspecified atom stereocenters. The predicted molar refractivity (Wildman–Crippen MR) is 147 cm³/mol. The number of carbonyl (C=O) groups is 4. The van der Waals surface area contributed by atoms with Crippen molar-refractivity contribution in [2.75, 3.05) is 0 Å². The summed E-state index contributed by atoms with van der Waals surface area (Å²) in [5, 5.41) is 8.57. The van der Waals surface area contributed by atoms with E-state index >= 15 is 0 Å². The number of cyclic esters (lactones) is 1. The van der Waals surface area contributed by atoms with E-state index in [9.17, 15) is 19.2 Å². The van der Waals surface area contributed by atoms with Crippen molar-refractivity contribution in [1.82, 2.24) is 16.0 Å². The molecule has 0 bridgehead atoms. The van der Waals surface area contributed by atoms with Crippen molar-refractivity contribution in [1.29, 1.82) is 0 Å². The van der Waals surface area contributed by atoms with Crippen LogP contribution in [0.4, 0.5) is 0 Å². The molecule has 1 heterocycles. The molecule has 1 saturated heterocycles. The average molecular weight is 524 g/mol. The van der Waals surface area contributed by atoms with E-state index in [-0.39, 0.29) is 36.0 Å². The van der Waals surface area contributed by atoms with Gasteiger partial charge in [-0.2, -0.15) is 0 Å². The summed E-state index contributed by atoms with van der Waals surface area (Å²) in [5.41, 5.74) is 0. The minimum atomic E-state index is -0.832. The molecule has 8 heteroatoms. The van der Waals surface area contributed by atoms with Crippen molar-refractivity contribution < 1.29 is 23.9 Å². The maximum absolute atomic E-state index is 13.3. The van der Waals surface area contributed by atoms with E-state index in [1.807, 2.05) is 41.5 Å². The molecule has 1 rings (SSSR count). The molecule has 0 aliphatic carbocycles. The lowest BCUT2D eigenvalue weighted by Gasteiger charge is -2.26. The number of amides is 3. The highest BCUT2D eigenvalue weighted by atomic mass is 16.5. The Morgan fingerprint density at radius 2 is 1.14 bits per heavy atom. The fraction of sp³-hybridized carbons (Fsp3) is 0.862.